The number of halogens is 1. The van der Waals surface area contributed by atoms with Gasteiger partial charge in [0.25, 0.3) is 0 Å². The number of carboxylic acids is 1. The molecule has 1 atom stereocenters. The van der Waals surface area contributed by atoms with Gasteiger partial charge < -0.3 is 9.84 Å². The first kappa shape index (κ1) is 11.0. The van der Waals surface area contributed by atoms with E-state index >= 15 is 0 Å². The topological polar surface area (TPSA) is 46.5 Å². The van der Waals surface area contributed by atoms with Crippen molar-refractivity contribution >= 4 is 21.9 Å². The summed E-state index contributed by atoms with van der Waals surface area (Å²) in [6.07, 6.45) is -0.311. The molecule has 0 bridgehead atoms. The van der Waals surface area contributed by atoms with Crippen LogP contribution in [0.25, 0.3) is 0 Å². The molecule has 1 aromatic carbocycles. The molecule has 0 aromatic heterocycles. The van der Waals surface area contributed by atoms with Crippen molar-refractivity contribution in [3.8, 4) is 5.75 Å². The number of rotatable bonds is 4. The van der Waals surface area contributed by atoms with E-state index in [1.54, 1.807) is 19.1 Å². The van der Waals surface area contributed by atoms with Crippen LogP contribution in [0.4, 0.5) is 0 Å². The predicted octanol–water partition coefficient (Wildman–Crippen LogP) is 2.69. The van der Waals surface area contributed by atoms with Crippen molar-refractivity contribution in [1.82, 2.24) is 0 Å². The summed E-state index contributed by atoms with van der Waals surface area (Å²) < 4.78 is 6.31. The van der Waals surface area contributed by atoms with E-state index in [0.717, 1.165) is 4.47 Å². The maximum atomic E-state index is 10.4. The van der Waals surface area contributed by atoms with Crippen LogP contribution < -0.4 is 4.74 Å². The minimum atomic E-state index is -0.854. The van der Waals surface area contributed by atoms with Gasteiger partial charge in [-0.25, -0.2) is 0 Å². The Balaban J connectivity index is 2.55. The van der Waals surface area contributed by atoms with Gasteiger partial charge >= 0.3 is 5.97 Å². The highest BCUT2D eigenvalue weighted by Crippen LogP contribution is 2.19. The van der Waals surface area contributed by atoms with Crippen molar-refractivity contribution < 1.29 is 14.6 Å². The Morgan fingerprint density at radius 1 is 1.64 bits per heavy atom. The van der Waals surface area contributed by atoms with Gasteiger partial charge in [-0.2, -0.15) is 0 Å². The third-order valence-electron chi connectivity index (χ3n) is 1.60. The fourth-order valence-electron chi connectivity index (χ4n) is 1.06. The van der Waals surface area contributed by atoms with Crippen molar-refractivity contribution in [2.24, 2.45) is 0 Å². The molecule has 0 fully saturated rings. The summed E-state index contributed by atoms with van der Waals surface area (Å²) in [6.45, 7) is 1.73. The molecule has 0 saturated carbocycles. The lowest BCUT2D eigenvalue weighted by Crippen LogP contribution is -2.16. The number of ether oxygens (including phenoxy) is 1. The number of aliphatic carboxylic acids is 1. The lowest BCUT2D eigenvalue weighted by atomic mass is 10.3. The summed E-state index contributed by atoms with van der Waals surface area (Å²) in [5, 5.41) is 8.53. The zero-order valence-electron chi connectivity index (χ0n) is 7.74. The van der Waals surface area contributed by atoms with Crippen LogP contribution in [0.1, 0.15) is 13.3 Å². The van der Waals surface area contributed by atoms with Gasteiger partial charge in [-0.05, 0) is 25.1 Å². The zero-order chi connectivity index (χ0) is 10.6. The first-order valence-electron chi connectivity index (χ1n) is 4.22. The molecule has 0 heterocycles. The molecule has 76 valence electrons. The largest absolute Gasteiger partial charge is 0.490 e. The predicted molar refractivity (Wildman–Crippen MR) is 56.5 cm³/mol. The summed E-state index contributed by atoms with van der Waals surface area (Å²) in [5.41, 5.74) is 0. The summed E-state index contributed by atoms with van der Waals surface area (Å²) in [7, 11) is 0. The second-order valence-corrected chi connectivity index (χ2v) is 3.90. The molecule has 1 rings (SSSR count). The lowest BCUT2D eigenvalue weighted by Gasteiger charge is -2.12. The van der Waals surface area contributed by atoms with Gasteiger partial charge in [0, 0.05) is 4.47 Å². The highest BCUT2D eigenvalue weighted by Gasteiger charge is 2.08. The van der Waals surface area contributed by atoms with Gasteiger partial charge in [0.2, 0.25) is 0 Å². The summed E-state index contributed by atoms with van der Waals surface area (Å²) in [4.78, 5) is 10.4. The van der Waals surface area contributed by atoms with Gasteiger partial charge in [0.15, 0.2) is 0 Å². The van der Waals surface area contributed by atoms with Gasteiger partial charge in [-0.1, -0.05) is 22.0 Å². The van der Waals surface area contributed by atoms with Crippen LogP contribution in [0, 0.1) is 0 Å². The van der Waals surface area contributed by atoms with Gasteiger partial charge in [-0.15, -0.1) is 0 Å². The molecule has 14 heavy (non-hydrogen) atoms. The highest BCUT2D eigenvalue weighted by molar-refractivity contribution is 9.10. The van der Waals surface area contributed by atoms with E-state index in [4.69, 9.17) is 9.84 Å². The van der Waals surface area contributed by atoms with Crippen LogP contribution in [0.5, 0.6) is 5.75 Å². The SMILES string of the molecule is CC(CC(=O)O)Oc1cccc(Br)c1. The van der Waals surface area contributed by atoms with Crippen molar-refractivity contribution in [3.63, 3.8) is 0 Å². The van der Waals surface area contributed by atoms with E-state index in [0.29, 0.717) is 5.75 Å². The fourth-order valence-corrected chi connectivity index (χ4v) is 1.44. The number of carboxylic acid groups (broad SMARTS) is 1. The maximum absolute atomic E-state index is 10.4. The smallest absolute Gasteiger partial charge is 0.307 e. The molecular formula is C10H11BrO3. The van der Waals surface area contributed by atoms with E-state index in [1.807, 2.05) is 12.1 Å². The van der Waals surface area contributed by atoms with Crippen molar-refractivity contribution in [2.75, 3.05) is 0 Å². The van der Waals surface area contributed by atoms with Gasteiger partial charge in [-0.3, -0.25) is 4.79 Å². The van der Waals surface area contributed by atoms with Crippen LogP contribution in [-0.4, -0.2) is 17.2 Å². The van der Waals surface area contributed by atoms with E-state index < -0.39 is 5.97 Å². The normalized spacial score (nSPS) is 12.1. The molecule has 3 nitrogen and oxygen atoms in total. The van der Waals surface area contributed by atoms with E-state index in [1.165, 1.54) is 0 Å². The average molecular weight is 259 g/mol. The molecule has 0 aliphatic carbocycles. The van der Waals surface area contributed by atoms with Crippen LogP contribution in [0.15, 0.2) is 28.7 Å². The first-order chi connectivity index (χ1) is 6.58. The molecule has 0 aliphatic rings. The molecule has 4 heteroatoms. The Morgan fingerprint density at radius 2 is 2.36 bits per heavy atom. The molecular weight excluding hydrogens is 248 g/mol. The summed E-state index contributed by atoms with van der Waals surface area (Å²) in [6, 6.07) is 7.32. The molecule has 0 saturated heterocycles. The number of hydrogen-bond donors (Lipinski definition) is 1. The highest BCUT2D eigenvalue weighted by atomic mass is 79.9. The second kappa shape index (κ2) is 5.00. The molecule has 0 aliphatic heterocycles. The Bertz CT molecular complexity index is 325. The van der Waals surface area contributed by atoms with Crippen LogP contribution >= 0.6 is 15.9 Å². The Labute approximate surface area is 90.8 Å². The molecule has 1 aromatic rings. The number of carbonyl (C=O) groups is 1. The molecule has 0 amide bonds. The van der Waals surface area contributed by atoms with Gasteiger partial charge in [0.05, 0.1) is 6.42 Å². The Hall–Kier alpha value is -1.03. The molecule has 0 spiro atoms. The van der Waals surface area contributed by atoms with Crippen molar-refractivity contribution in [2.45, 2.75) is 19.4 Å². The van der Waals surface area contributed by atoms with Gasteiger partial charge in [0.1, 0.15) is 11.9 Å². The first-order valence-corrected chi connectivity index (χ1v) is 5.01. The zero-order valence-corrected chi connectivity index (χ0v) is 9.32. The lowest BCUT2D eigenvalue weighted by molar-refractivity contribution is -0.138. The molecule has 0 radical (unpaired) electrons. The fraction of sp³-hybridized carbons (Fsp3) is 0.300. The quantitative estimate of drug-likeness (QED) is 0.904. The monoisotopic (exact) mass is 258 g/mol. The third kappa shape index (κ3) is 3.79. The number of benzene rings is 1. The number of hydrogen-bond acceptors (Lipinski definition) is 2. The van der Waals surface area contributed by atoms with E-state index in [-0.39, 0.29) is 12.5 Å². The minimum Gasteiger partial charge on any atom is -0.490 e. The summed E-state index contributed by atoms with van der Waals surface area (Å²) >= 11 is 3.31. The summed E-state index contributed by atoms with van der Waals surface area (Å²) in [5.74, 6) is -0.180. The Kier molecular flexibility index (Phi) is 3.95. The maximum Gasteiger partial charge on any atom is 0.307 e. The standard InChI is InChI=1S/C10H11BrO3/c1-7(5-10(12)13)14-9-4-2-3-8(11)6-9/h2-4,6-7H,5H2,1H3,(H,12,13). The Morgan fingerprint density at radius 3 is 2.93 bits per heavy atom. The van der Waals surface area contributed by atoms with E-state index in [9.17, 15) is 4.79 Å². The van der Waals surface area contributed by atoms with Crippen molar-refractivity contribution in [3.05, 3.63) is 28.7 Å². The van der Waals surface area contributed by atoms with Crippen LogP contribution in [0.2, 0.25) is 0 Å². The molecule has 1 unspecified atom stereocenters. The van der Waals surface area contributed by atoms with Crippen LogP contribution in [0.3, 0.4) is 0 Å². The third-order valence-corrected chi connectivity index (χ3v) is 2.09. The minimum absolute atomic E-state index is 0.00646. The average Bonchev–Trinajstić information content (AvgIpc) is 2.01. The van der Waals surface area contributed by atoms with Crippen LogP contribution in [-0.2, 0) is 4.79 Å². The van der Waals surface area contributed by atoms with E-state index in [2.05, 4.69) is 15.9 Å². The molecule has 1 N–H and O–H groups in total. The second-order valence-electron chi connectivity index (χ2n) is 2.98. The van der Waals surface area contributed by atoms with Crippen molar-refractivity contribution in [1.29, 1.82) is 0 Å².